The predicted octanol–water partition coefficient (Wildman–Crippen LogP) is 2.36. The van der Waals surface area contributed by atoms with E-state index in [1.54, 1.807) is 7.05 Å². The van der Waals surface area contributed by atoms with Gasteiger partial charge in [0.2, 0.25) is 5.91 Å². The van der Waals surface area contributed by atoms with Crippen molar-refractivity contribution < 1.29 is 4.79 Å². The summed E-state index contributed by atoms with van der Waals surface area (Å²) in [7, 11) is 1.66. The molecule has 0 bridgehead atoms. The average Bonchev–Trinajstić information content (AvgIpc) is 2.53. The fourth-order valence-electron chi connectivity index (χ4n) is 3.76. The Balaban J connectivity index is 1.78. The number of aryl methyl sites for hydroxylation is 1. The Morgan fingerprint density at radius 1 is 1.39 bits per heavy atom. The summed E-state index contributed by atoms with van der Waals surface area (Å²) in [5, 5.41) is 11.3. The molecule has 3 rings (SSSR count). The first kappa shape index (κ1) is 15.8. The Morgan fingerprint density at radius 3 is 2.87 bits per heavy atom. The number of amides is 1. The van der Waals surface area contributed by atoms with Gasteiger partial charge in [0.1, 0.15) is 0 Å². The van der Waals surface area contributed by atoms with Crippen molar-refractivity contribution in [2.75, 3.05) is 25.0 Å². The zero-order valence-corrected chi connectivity index (χ0v) is 14.2. The number of piperidine rings is 1. The van der Waals surface area contributed by atoms with Crippen molar-refractivity contribution in [1.82, 2.24) is 10.2 Å². The molecular weight excluding hydrogens is 288 g/mol. The number of anilines is 1. The summed E-state index contributed by atoms with van der Waals surface area (Å²) in [6.45, 7) is 6.19. The molecule has 0 aromatic heterocycles. The number of carbonyl (C=O) groups is 1. The topological polar surface area (TPSA) is 59.4 Å². The van der Waals surface area contributed by atoms with Crippen molar-refractivity contribution in [2.24, 2.45) is 5.92 Å². The van der Waals surface area contributed by atoms with E-state index in [0.717, 1.165) is 25.9 Å². The molecule has 1 aromatic carbocycles. The van der Waals surface area contributed by atoms with Crippen LogP contribution in [0.3, 0.4) is 0 Å². The molecule has 2 saturated heterocycles. The van der Waals surface area contributed by atoms with Crippen molar-refractivity contribution in [3.63, 3.8) is 0 Å². The van der Waals surface area contributed by atoms with E-state index in [2.05, 4.69) is 48.3 Å². The lowest BCUT2D eigenvalue weighted by atomic mass is 9.76. The SMILES string of the molecule is Cc1cccc(N2CCCC([C@]3(C)CC(=O)N(C)C(=N)N3)C2)c1. The van der Waals surface area contributed by atoms with Gasteiger partial charge in [-0.3, -0.25) is 15.1 Å². The molecule has 0 saturated carbocycles. The van der Waals surface area contributed by atoms with Crippen LogP contribution in [0, 0.1) is 18.3 Å². The largest absolute Gasteiger partial charge is 0.371 e. The average molecular weight is 314 g/mol. The highest BCUT2D eigenvalue weighted by Crippen LogP contribution is 2.34. The van der Waals surface area contributed by atoms with Gasteiger partial charge >= 0.3 is 0 Å². The van der Waals surface area contributed by atoms with Gasteiger partial charge in [-0.15, -0.1) is 0 Å². The molecule has 2 fully saturated rings. The van der Waals surface area contributed by atoms with E-state index < -0.39 is 0 Å². The number of hydrogen-bond acceptors (Lipinski definition) is 3. The molecule has 1 unspecified atom stereocenters. The zero-order chi connectivity index (χ0) is 16.6. The van der Waals surface area contributed by atoms with Gasteiger partial charge in [-0.25, -0.2) is 0 Å². The Labute approximate surface area is 138 Å². The number of carbonyl (C=O) groups excluding carboxylic acids is 1. The summed E-state index contributed by atoms with van der Waals surface area (Å²) in [5.74, 6) is 0.607. The van der Waals surface area contributed by atoms with Gasteiger partial charge in [0.25, 0.3) is 0 Å². The van der Waals surface area contributed by atoms with Crippen molar-refractivity contribution >= 4 is 17.6 Å². The van der Waals surface area contributed by atoms with Crippen molar-refractivity contribution in [3.8, 4) is 0 Å². The van der Waals surface area contributed by atoms with Crippen LogP contribution in [0.5, 0.6) is 0 Å². The highest BCUT2D eigenvalue weighted by Gasteiger charge is 2.43. The molecule has 0 spiro atoms. The van der Waals surface area contributed by atoms with Crippen LogP contribution in [-0.2, 0) is 4.79 Å². The van der Waals surface area contributed by atoms with E-state index in [9.17, 15) is 4.79 Å². The van der Waals surface area contributed by atoms with Crippen LogP contribution in [0.15, 0.2) is 24.3 Å². The number of benzene rings is 1. The third-order valence-electron chi connectivity index (χ3n) is 5.32. The van der Waals surface area contributed by atoms with Crippen LogP contribution in [0.4, 0.5) is 5.69 Å². The second-order valence-corrected chi connectivity index (χ2v) is 7.14. The first-order valence-corrected chi connectivity index (χ1v) is 8.34. The Kier molecular flexibility index (Phi) is 4.04. The van der Waals surface area contributed by atoms with Crippen molar-refractivity contribution in [1.29, 1.82) is 5.41 Å². The molecule has 1 aromatic rings. The number of guanidine groups is 1. The smallest absolute Gasteiger partial charge is 0.231 e. The summed E-state index contributed by atoms with van der Waals surface area (Å²) in [6.07, 6.45) is 2.67. The van der Waals surface area contributed by atoms with Crippen LogP contribution >= 0.6 is 0 Å². The van der Waals surface area contributed by atoms with Crippen molar-refractivity contribution in [3.05, 3.63) is 29.8 Å². The molecule has 5 nitrogen and oxygen atoms in total. The van der Waals surface area contributed by atoms with Crippen LogP contribution in [0.1, 0.15) is 31.7 Å². The molecule has 1 amide bonds. The second kappa shape index (κ2) is 5.87. The van der Waals surface area contributed by atoms with Gasteiger partial charge in [0.05, 0.1) is 12.0 Å². The van der Waals surface area contributed by atoms with Crippen LogP contribution in [0.25, 0.3) is 0 Å². The predicted molar refractivity (Wildman–Crippen MR) is 92.8 cm³/mol. The van der Waals surface area contributed by atoms with Crippen LogP contribution < -0.4 is 10.2 Å². The fraction of sp³-hybridized carbons (Fsp3) is 0.556. The summed E-state index contributed by atoms with van der Waals surface area (Å²) in [6, 6.07) is 8.60. The van der Waals surface area contributed by atoms with E-state index in [4.69, 9.17) is 5.41 Å². The van der Waals surface area contributed by atoms with Gasteiger partial charge in [-0.1, -0.05) is 12.1 Å². The van der Waals surface area contributed by atoms with Gasteiger partial charge in [0.15, 0.2) is 5.96 Å². The monoisotopic (exact) mass is 314 g/mol. The molecule has 2 aliphatic rings. The molecule has 5 heteroatoms. The number of hydrogen-bond donors (Lipinski definition) is 2. The standard InChI is InChI=1S/C18H26N4O/c1-13-6-4-8-15(10-13)22-9-5-7-14(12-22)18(2)11-16(23)21(3)17(19)20-18/h4,6,8,10,14H,5,7,9,11-12H2,1-3H3,(H2,19,20)/t14?,18-/m0/s1. The molecule has 0 aliphatic carbocycles. The minimum atomic E-state index is -0.330. The second-order valence-electron chi connectivity index (χ2n) is 7.14. The zero-order valence-electron chi connectivity index (χ0n) is 14.2. The maximum Gasteiger partial charge on any atom is 0.231 e. The first-order valence-electron chi connectivity index (χ1n) is 8.34. The number of rotatable bonds is 2. The minimum absolute atomic E-state index is 0.0314. The summed E-state index contributed by atoms with van der Waals surface area (Å²) >= 11 is 0. The molecule has 23 heavy (non-hydrogen) atoms. The Bertz CT molecular complexity index is 609. The molecule has 0 radical (unpaired) electrons. The molecule has 2 aliphatic heterocycles. The number of nitrogens with one attached hydrogen (secondary N) is 2. The highest BCUT2D eigenvalue weighted by atomic mass is 16.2. The third-order valence-corrected chi connectivity index (χ3v) is 5.32. The quantitative estimate of drug-likeness (QED) is 0.881. The summed E-state index contributed by atoms with van der Waals surface area (Å²) in [5.41, 5.74) is 2.20. The lowest BCUT2D eigenvalue weighted by molar-refractivity contribution is -0.130. The Hall–Kier alpha value is -2.04. The maximum atomic E-state index is 12.2. The van der Waals surface area contributed by atoms with E-state index >= 15 is 0 Å². The van der Waals surface area contributed by atoms with Gasteiger partial charge in [-0.05, 0) is 50.3 Å². The molecular formula is C18H26N4O. The fourth-order valence-corrected chi connectivity index (χ4v) is 3.76. The molecule has 124 valence electrons. The van der Waals surface area contributed by atoms with Crippen LogP contribution in [-0.4, -0.2) is 42.4 Å². The number of nitrogens with zero attached hydrogens (tertiary/aromatic N) is 2. The van der Waals surface area contributed by atoms with E-state index in [1.165, 1.54) is 16.2 Å². The van der Waals surface area contributed by atoms with Crippen molar-refractivity contribution in [2.45, 2.75) is 38.6 Å². The highest BCUT2D eigenvalue weighted by molar-refractivity contribution is 5.98. The molecule has 2 N–H and O–H groups in total. The van der Waals surface area contributed by atoms with Crippen LogP contribution in [0.2, 0.25) is 0 Å². The molecule has 2 atom stereocenters. The first-order chi connectivity index (χ1) is 10.9. The summed E-state index contributed by atoms with van der Waals surface area (Å²) in [4.78, 5) is 16.0. The lowest BCUT2D eigenvalue weighted by Crippen LogP contribution is -2.64. The molecule has 2 heterocycles. The van der Waals surface area contributed by atoms with E-state index in [0.29, 0.717) is 12.3 Å². The minimum Gasteiger partial charge on any atom is -0.371 e. The maximum absolute atomic E-state index is 12.2. The third kappa shape index (κ3) is 3.05. The van der Waals surface area contributed by atoms with Gasteiger partial charge in [0, 0.05) is 25.8 Å². The normalized spacial score (nSPS) is 28.7. The van der Waals surface area contributed by atoms with E-state index in [1.807, 2.05) is 0 Å². The van der Waals surface area contributed by atoms with Gasteiger partial charge < -0.3 is 10.2 Å². The Morgan fingerprint density at radius 2 is 2.17 bits per heavy atom. The van der Waals surface area contributed by atoms with Gasteiger partial charge in [-0.2, -0.15) is 0 Å². The summed E-state index contributed by atoms with van der Waals surface area (Å²) < 4.78 is 0. The van der Waals surface area contributed by atoms with E-state index in [-0.39, 0.29) is 17.4 Å². The lowest BCUT2D eigenvalue weighted by Gasteiger charge is -2.48.